The van der Waals surface area contributed by atoms with Crippen molar-refractivity contribution in [2.75, 3.05) is 6.61 Å². The zero-order chi connectivity index (χ0) is 8.10. The highest BCUT2D eigenvalue weighted by molar-refractivity contribution is 7.76. The van der Waals surface area contributed by atoms with E-state index in [0.29, 0.717) is 0 Å². The fourth-order valence-electron chi connectivity index (χ4n) is 0.799. The van der Waals surface area contributed by atoms with Crippen LogP contribution in [0.3, 0.4) is 0 Å². The Morgan fingerprint density at radius 1 is 1.36 bits per heavy atom. The summed E-state index contributed by atoms with van der Waals surface area (Å²) in [6.07, 6.45) is 0. The van der Waals surface area contributed by atoms with E-state index in [2.05, 4.69) is 5.87 Å². The first-order valence-electron chi connectivity index (χ1n) is 3.51. The van der Waals surface area contributed by atoms with Crippen molar-refractivity contribution in [2.45, 2.75) is 11.8 Å². The van der Waals surface area contributed by atoms with Gasteiger partial charge in [0, 0.05) is 12.1 Å². The lowest BCUT2D eigenvalue weighted by Crippen LogP contribution is -1.90. The molecule has 0 aromatic heterocycles. The van der Waals surface area contributed by atoms with Crippen LogP contribution >= 0.6 is 0 Å². The van der Waals surface area contributed by atoms with E-state index in [1.165, 1.54) is 11.4 Å². The van der Waals surface area contributed by atoms with Crippen molar-refractivity contribution in [3.63, 3.8) is 0 Å². The molecule has 0 N–H and O–H groups in total. The van der Waals surface area contributed by atoms with Gasteiger partial charge in [0.1, 0.15) is 5.75 Å². The number of ether oxygens (including phenoxy) is 1. The van der Waals surface area contributed by atoms with Gasteiger partial charge in [0.05, 0.1) is 6.61 Å². The van der Waals surface area contributed by atoms with Gasteiger partial charge in [-0.05, 0) is 19.1 Å². The number of benzene rings is 1. The summed E-state index contributed by atoms with van der Waals surface area (Å²) in [5.41, 5.74) is 0. The Balaban J connectivity index is 2.74. The second-order valence-electron chi connectivity index (χ2n) is 2.05. The van der Waals surface area contributed by atoms with Crippen molar-refractivity contribution < 1.29 is 4.74 Å². The van der Waals surface area contributed by atoms with E-state index < -0.39 is 0 Å². The standard InChI is InChI=1S/C9H11OS/c1-3-10-8-4-6-9(11-2)7-5-8/h4-7H,2-3H2,1H3/q+1. The summed E-state index contributed by atoms with van der Waals surface area (Å²) >= 11 is 1.49. The molecule has 0 bridgehead atoms. The van der Waals surface area contributed by atoms with Gasteiger partial charge in [-0.15, -0.1) is 0 Å². The summed E-state index contributed by atoms with van der Waals surface area (Å²) in [5.74, 6) is 4.63. The van der Waals surface area contributed by atoms with E-state index in [-0.39, 0.29) is 0 Å². The fourth-order valence-corrected chi connectivity index (χ4v) is 1.13. The molecule has 11 heavy (non-hydrogen) atoms. The maximum absolute atomic E-state index is 5.28. The van der Waals surface area contributed by atoms with Gasteiger partial charge in [0.25, 0.3) is 0 Å². The lowest BCUT2D eigenvalue weighted by Gasteiger charge is -1.99. The van der Waals surface area contributed by atoms with Crippen molar-refractivity contribution in [1.29, 1.82) is 0 Å². The first-order valence-corrected chi connectivity index (χ1v) is 4.50. The van der Waals surface area contributed by atoms with E-state index in [4.69, 9.17) is 4.74 Å². The van der Waals surface area contributed by atoms with Crippen molar-refractivity contribution in [3.8, 4) is 5.75 Å². The smallest absolute Gasteiger partial charge is 0.230 e. The third-order valence-corrected chi connectivity index (χ3v) is 1.91. The zero-order valence-electron chi connectivity index (χ0n) is 6.54. The Morgan fingerprint density at radius 3 is 2.45 bits per heavy atom. The molecular formula is C9H11OS+. The zero-order valence-corrected chi connectivity index (χ0v) is 7.36. The van der Waals surface area contributed by atoms with Crippen LogP contribution in [0.2, 0.25) is 0 Å². The van der Waals surface area contributed by atoms with Crippen LogP contribution in [-0.4, -0.2) is 12.5 Å². The molecule has 1 aromatic rings. The average molecular weight is 167 g/mol. The quantitative estimate of drug-likeness (QED) is 0.494. The lowest BCUT2D eigenvalue weighted by molar-refractivity contribution is 0.340. The van der Waals surface area contributed by atoms with Gasteiger partial charge in [0.2, 0.25) is 16.2 Å². The Labute approximate surface area is 71.0 Å². The molecule has 0 saturated carbocycles. The number of hydrogen-bond acceptors (Lipinski definition) is 1. The largest absolute Gasteiger partial charge is 0.494 e. The van der Waals surface area contributed by atoms with E-state index in [0.717, 1.165) is 17.3 Å². The highest BCUT2D eigenvalue weighted by Gasteiger charge is 1.98. The van der Waals surface area contributed by atoms with Crippen molar-refractivity contribution >= 4 is 17.2 Å². The Hall–Kier alpha value is -0.890. The Kier molecular flexibility index (Phi) is 3.05. The van der Waals surface area contributed by atoms with Gasteiger partial charge >= 0.3 is 0 Å². The molecule has 0 aliphatic heterocycles. The molecule has 0 amide bonds. The third-order valence-electron chi connectivity index (χ3n) is 1.30. The first-order chi connectivity index (χ1) is 5.36. The highest BCUT2D eigenvalue weighted by atomic mass is 32.1. The summed E-state index contributed by atoms with van der Waals surface area (Å²) in [4.78, 5) is 1.16. The lowest BCUT2D eigenvalue weighted by atomic mass is 10.3. The SMILES string of the molecule is C=[S+]c1ccc(OCC)cc1. The van der Waals surface area contributed by atoms with Crippen LogP contribution < -0.4 is 4.74 Å². The van der Waals surface area contributed by atoms with Crippen LogP contribution in [0, 0.1) is 0 Å². The van der Waals surface area contributed by atoms with E-state index >= 15 is 0 Å². The van der Waals surface area contributed by atoms with Crippen LogP contribution in [-0.2, 0) is 11.4 Å². The van der Waals surface area contributed by atoms with Gasteiger partial charge in [-0.25, -0.2) is 0 Å². The van der Waals surface area contributed by atoms with Crippen LogP contribution in [0.25, 0.3) is 0 Å². The molecule has 0 atom stereocenters. The molecule has 2 heteroatoms. The van der Waals surface area contributed by atoms with Gasteiger partial charge in [-0.3, -0.25) is 0 Å². The summed E-state index contributed by atoms with van der Waals surface area (Å²) in [6, 6.07) is 7.92. The number of rotatable bonds is 3. The van der Waals surface area contributed by atoms with Crippen molar-refractivity contribution in [1.82, 2.24) is 0 Å². The normalized spacial score (nSPS) is 9.18. The highest BCUT2D eigenvalue weighted by Crippen LogP contribution is 2.11. The van der Waals surface area contributed by atoms with Crippen LogP contribution in [0.4, 0.5) is 0 Å². The molecule has 0 spiro atoms. The molecule has 0 heterocycles. The van der Waals surface area contributed by atoms with Gasteiger partial charge in [-0.2, -0.15) is 0 Å². The second kappa shape index (κ2) is 4.09. The van der Waals surface area contributed by atoms with Crippen LogP contribution in [0.1, 0.15) is 6.92 Å². The van der Waals surface area contributed by atoms with E-state index in [1.807, 2.05) is 31.2 Å². The average Bonchev–Trinajstić information content (AvgIpc) is 2.07. The maximum Gasteiger partial charge on any atom is 0.230 e. The van der Waals surface area contributed by atoms with Gasteiger partial charge < -0.3 is 4.74 Å². The Morgan fingerprint density at radius 2 is 2.00 bits per heavy atom. The topological polar surface area (TPSA) is 9.23 Å². The molecule has 0 unspecified atom stereocenters. The molecular weight excluding hydrogens is 156 g/mol. The molecule has 0 aliphatic rings. The summed E-state index contributed by atoms with van der Waals surface area (Å²) in [5, 5.41) is 0. The van der Waals surface area contributed by atoms with Crippen LogP contribution in [0.15, 0.2) is 29.2 Å². The summed E-state index contributed by atoms with van der Waals surface area (Å²) in [7, 11) is 0. The monoisotopic (exact) mass is 167 g/mol. The molecule has 0 radical (unpaired) electrons. The van der Waals surface area contributed by atoms with Gasteiger partial charge in [0.15, 0.2) is 5.87 Å². The minimum absolute atomic E-state index is 0.719. The molecule has 58 valence electrons. The van der Waals surface area contributed by atoms with E-state index in [1.54, 1.807) is 0 Å². The Bertz CT molecular complexity index is 228. The van der Waals surface area contributed by atoms with Crippen molar-refractivity contribution in [2.24, 2.45) is 0 Å². The molecule has 1 rings (SSSR count). The minimum atomic E-state index is 0.719. The molecule has 0 aliphatic carbocycles. The maximum atomic E-state index is 5.28. The molecule has 1 aromatic carbocycles. The third kappa shape index (κ3) is 2.31. The molecule has 1 nitrogen and oxygen atoms in total. The van der Waals surface area contributed by atoms with Gasteiger partial charge in [-0.1, -0.05) is 0 Å². The molecule has 0 fully saturated rings. The van der Waals surface area contributed by atoms with Crippen molar-refractivity contribution in [3.05, 3.63) is 24.3 Å². The second-order valence-corrected chi connectivity index (χ2v) is 2.81. The van der Waals surface area contributed by atoms with E-state index in [9.17, 15) is 0 Å². The first kappa shape index (κ1) is 8.21. The summed E-state index contributed by atoms with van der Waals surface area (Å²) in [6.45, 7) is 2.70. The molecule has 0 saturated heterocycles. The summed E-state index contributed by atoms with van der Waals surface area (Å²) < 4.78 is 5.28. The fraction of sp³-hybridized carbons (Fsp3) is 0.222. The minimum Gasteiger partial charge on any atom is -0.494 e. The van der Waals surface area contributed by atoms with Crippen LogP contribution in [0.5, 0.6) is 5.75 Å². The number of hydrogen-bond donors (Lipinski definition) is 0. The predicted molar refractivity (Wildman–Crippen MR) is 50.4 cm³/mol. The predicted octanol–water partition coefficient (Wildman–Crippen LogP) is 1.96.